The number of hydrogen-bond donors (Lipinski definition) is 0. The van der Waals surface area contributed by atoms with Gasteiger partial charge in [0.2, 0.25) is 0 Å². The minimum atomic E-state index is -0.216. The van der Waals surface area contributed by atoms with Gasteiger partial charge in [-0.1, -0.05) is 6.08 Å². The van der Waals surface area contributed by atoms with Crippen molar-refractivity contribution in [2.45, 2.75) is 32.7 Å². The largest absolute Gasteiger partial charge is 0.353 e. The van der Waals surface area contributed by atoms with Crippen molar-refractivity contribution in [2.75, 3.05) is 6.61 Å². The molecule has 0 aromatic rings. The van der Waals surface area contributed by atoms with Crippen LogP contribution in [0.25, 0.3) is 0 Å². The van der Waals surface area contributed by atoms with Crippen LogP contribution in [-0.4, -0.2) is 19.0 Å². The lowest BCUT2D eigenvalue weighted by atomic mass is 10.2. The summed E-state index contributed by atoms with van der Waals surface area (Å²) in [6, 6.07) is 0. The van der Waals surface area contributed by atoms with E-state index >= 15 is 0 Å². The van der Waals surface area contributed by atoms with E-state index in [0.717, 1.165) is 0 Å². The van der Waals surface area contributed by atoms with Gasteiger partial charge < -0.3 is 9.47 Å². The van der Waals surface area contributed by atoms with Gasteiger partial charge in [-0.25, -0.2) is 0 Å². The van der Waals surface area contributed by atoms with E-state index in [1.54, 1.807) is 6.08 Å². The zero-order valence-corrected chi connectivity index (χ0v) is 7.75. The summed E-state index contributed by atoms with van der Waals surface area (Å²) in [7, 11) is 0. The Kier molecular flexibility index (Phi) is 6.45. The lowest BCUT2D eigenvalue weighted by Gasteiger charge is -2.17. The predicted octanol–water partition coefficient (Wildman–Crippen LogP) is 1.96. The van der Waals surface area contributed by atoms with Crippen molar-refractivity contribution in [3.8, 4) is 12.3 Å². The lowest BCUT2D eigenvalue weighted by Crippen LogP contribution is -2.20. The second-order valence-electron chi connectivity index (χ2n) is 2.34. The zero-order valence-electron chi connectivity index (χ0n) is 7.75. The van der Waals surface area contributed by atoms with Gasteiger partial charge in [-0.3, -0.25) is 0 Å². The monoisotopic (exact) mass is 168 g/mol. The fraction of sp³-hybridized carbons (Fsp3) is 0.600. The first-order chi connectivity index (χ1) is 5.74. The standard InChI is InChI=1S/C10H16O2/c1-5-8-10(6-2)12-9(4)11-7-3/h1,6,9-10H,2,7-8H2,3-4H3. The van der Waals surface area contributed by atoms with Crippen LogP contribution in [-0.2, 0) is 9.47 Å². The minimum absolute atomic E-state index is 0.100. The van der Waals surface area contributed by atoms with E-state index in [4.69, 9.17) is 15.9 Å². The summed E-state index contributed by atoms with van der Waals surface area (Å²) in [6.07, 6.45) is 7.05. The molecule has 2 unspecified atom stereocenters. The Bertz CT molecular complexity index is 158. The maximum atomic E-state index is 5.40. The highest BCUT2D eigenvalue weighted by atomic mass is 16.7. The molecule has 0 aliphatic carbocycles. The Hall–Kier alpha value is -0.780. The van der Waals surface area contributed by atoms with Gasteiger partial charge in [0.05, 0.1) is 6.10 Å². The van der Waals surface area contributed by atoms with Crippen LogP contribution in [0.2, 0.25) is 0 Å². The van der Waals surface area contributed by atoms with Gasteiger partial charge in [-0.2, -0.15) is 0 Å². The topological polar surface area (TPSA) is 18.5 Å². The fourth-order valence-corrected chi connectivity index (χ4v) is 0.823. The average Bonchev–Trinajstić information content (AvgIpc) is 2.04. The van der Waals surface area contributed by atoms with Crippen LogP contribution < -0.4 is 0 Å². The van der Waals surface area contributed by atoms with Crippen molar-refractivity contribution in [1.29, 1.82) is 0 Å². The third kappa shape index (κ3) is 4.95. The molecule has 68 valence electrons. The van der Waals surface area contributed by atoms with Gasteiger partial charge in [0.1, 0.15) is 0 Å². The van der Waals surface area contributed by atoms with Crippen molar-refractivity contribution < 1.29 is 9.47 Å². The van der Waals surface area contributed by atoms with Crippen molar-refractivity contribution >= 4 is 0 Å². The molecule has 0 rings (SSSR count). The van der Waals surface area contributed by atoms with Gasteiger partial charge in [-0.05, 0) is 13.8 Å². The maximum Gasteiger partial charge on any atom is 0.155 e. The summed E-state index contributed by atoms with van der Waals surface area (Å²) in [5.41, 5.74) is 0. The van der Waals surface area contributed by atoms with Crippen LogP contribution in [0.3, 0.4) is 0 Å². The van der Waals surface area contributed by atoms with E-state index in [9.17, 15) is 0 Å². The van der Waals surface area contributed by atoms with Crippen molar-refractivity contribution in [3.05, 3.63) is 12.7 Å². The molecular weight excluding hydrogens is 152 g/mol. The zero-order chi connectivity index (χ0) is 9.40. The highest BCUT2D eigenvalue weighted by molar-refractivity contribution is 4.94. The lowest BCUT2D eigenvalue weighted by molar-refractivity contribution is -0.144. The molecule has 0 spiro atoms. The summed E-state index contributed by atoms with van der Waals surface area (Å²) >= 11 is 0. The first kappa shape index (κ1) is 11.2. The Morgan fingerprint density at radius 1 is 1.67 bits per heavy atom. The molecule has 12 heavy (non-hydrogen) atoms. The second kappa shape index (κ2) is 6.90. The van der Waals surface area contributed by atoms with Gasteiger partial charge in [0, 0.05) is 13.0 Å². The molecule has 0 saturated heterocycles. The summed E-state index contributed by atoms with van der Waals surface area (Å²) in [5.74, 6) is 2.51. The number of terminal acetylenes is 1. The fourth-order valence-electron chi connectivity index (χ4n) is 0.823. The van der Waals surface area contributed by atoms with Crippen LogP contribution in [0.15, 0.2) is 12.7 Å². The van der Waals surface area contributed by atoms with E-state index in [-0.39, 0.29) is 12.4 Å². The Balaban J connectivity index is 3.70. The molecule has 2 atom stereocenters. The Labute approximate surface area is 74.6 Å². The third-order valence-corrected chi connectivity index (χ3v) is 1.35. The molecule has 0 N–H and O–H groups in total. The van der Waals surface area contributed by atoms with E-state index in [1.165, 1.54) is 0 Å². The van der Waals surface area contributed by atoms with Crippen molar-refractivity contribution in [1.82, 2.24) is 0 Å². The van der Waals surface area contributed by atoms with Crippen molar-refractivity contribution in [3.63, 3.8) is 0 Å². The summed E-state index contributed by atoms with van der Waals surface area (Å²) in [5, 5.41) is 0. The molecule has 0 aliphatic rings. The van der Waals surface area contributed by atoms with Crippen LogP contribution in [0.1, 0.15) is 20.3 Å². The second-order valence-corrected chi connectivity index (χ2v) is 2.34. The van der Waals surface area contributed by atoms with Crippen LogP contribution >= 0.6 is 0 Å². The van der Waals surface area contributed by atoms with E-state index in [1.807, 2.05) is 13.8 Å². The molecule has 0 bridgehead atoms. The molecule has 0 heterocycles. The highest BCUT2D eigenvalue weighted by Crippen LogP contribution is 2.04. The van der Waals surface area contributed by atoms with Crippen molar-refractivity contribution in [2.24, 2.45) is 0 Å². The van der Waals surface area contributed by atoms with Crippen LogP contribution in [0.4, 0.5) is 0 Å². The minimum Gasteiger partial charge on any atom is -0.353 e. The smallest absolute Gasteiger partial charge is 0.155 e. The molecule has 0 amide bonds. The van der Waals surface area contributed by atoms with Crippen LogP contribution in [0, 0.1) is 12.3 Å². The van der Waals surface area contributed by atoms with Gasteiger partial charge in [-0.15, -0.1) is 18.9 Å². The van der Waals surface area contributed by atoms with E-state index in [0.29, 0.717) is 13.0 Å². The molecule has 0 aromatic carbocycles. The summed E-state index contributed by atoms with van der Waals surface area (Å²) in [4.78, 5) is 0. The highest BCUT2D eigenvalue weighted by Gasteiger charge is 2.07. The molecule has 2 nitrogen and oxygen atoms in total. The number of rotatable bonds is 6. The average molecular weight is 168 g/mol. The predicted molar refractivity (Wildman–Crippen MR) is 49.6 cm³/mol. The normalized spacial score (nSPS) is 14.8. The van der Waals surface area contributed by atoms with Crippen LogP contribution in [0.5, 0.6) is 0 Å². The van der Waals surface area contributed by atoms with Gasteiger partial charge in [0.25, 0.3) is 0 Å². The molecule has 0 radical (unpaired) electrons. The Morgan fingerprint density at radius 2 is 2.33 bits per heavy atom. The van der Waals surface area contributed by atoms with E-state index in [2.05, 4.69) is 12.5 Å². The van der Waals surface area contributed by atoms with Gasteiger partial charge >= 0.3 is 0 Å². The molecule has 0 saturated carbocycles. The van der Waals surface area contributed by atoms with E-state index < -0.39 is 0 Å². The SMILES string of the molecule is C#CCC(C=C)OC(C)OCC. The molecule has 0 aliphatic heterocycles. The molecule has 0 fully saturated rings. The summed E-state index contributed by atoms with van der Waals surface area (Å²) < 4.78 is 10.6. The first-order valence-corrected chi connectivity index (χ1v) is 4.07. The first-order valence-electron chi connectivity index (χ1n) is 4.07. The maximum absolute atomic E-state index is 5.40. The quantitative estimate of drug-likeness (QED) is 0.343. The number of hydrogen-bond acceptors (Lipinski definition) is 2. The molecular formula is C10H16O2. The molecule has 2 heteroatoms. The number of ether oxygens (including phenoxy) is 2. The Morgan fingerprint density at radius 3 is 2.75 bits per heavy atom. The molecule has 0 aromatic heterocycles. The third-order valence-electron chi connectivity index (χ3n) is 1.35. The summed E-state index contributed by atoms with van der Waals surface area (Å²) in [6.45, 7) is 8.02. The van der Waals surface area contributed by atoms with Gasteiger partial charge in [0.15, 0.2) is 6.29 Å².